The second-order valence-electron chi connectivity index (χ2n) is 5.62. The van der Waals surface area contributed by atoms with Crippen molar-refractivity contribution in [2.24, 2.45) is 0 Å². The zero-order chi connectivity index (χ0) is 17.1. The Morgan fingerprint density at radius 2 is 1.92 bits per heavy atom. The number of thiazole rings is 1. The van der Waals surface area contributed by atoms with E-state index in [-0.39, 0.29) is 17.4 Å². The van der Waals surface area contributed by atoms with Gasteiger partial charge in [-0.05, 0) is 44.0 Å². The molecular weight excluding hydrogens is 331 g/mol. The average molecular weight is 348 g/mol. The number of amides is 1. The summed E-state index contributed by atoms with van der Waals surface area (Å²) >= 11 is 1.27. The lowest BCUT2D eigenvalue weighted by Crippen LogP contribution is -2.38. The maximum Gasteiger partial charge on any atom is 0.358 e. The summed E-state index contributed by atoms with van der Waals surface area (Å²) in [5.74, 6) is -1.13. The average Bonchev–Trinajstić information content (AvgIpc) is 3.26. The summed E-state index contributed by atoms with van der Waals surface area (Å²) in [7, 11) is 0. The molecular formula is C17H17FN2O3S. The van der Waals surface area contributed by atoms with Gasteiger partial charge in [0.25, 0.3) is 5.91 Å². The first kappa shape index (κ1) is 16.6. The summed E-state index contributed by atoms with van der Waals surface area (Å²) < 4.78 is 18.2. The number of rotatable bonds is 4. The molecule has 5 nitrogen and oxygen atoms in total. The van der Waals surface area contributed by atoms with Gasteiger partial charge in [0.15, 0.2) is 11.8 Å². The minimum atomic E-state index is -0.827. The van der Waals surface area contributed by atoms with Gasteiger partial charge < -0.3 is 9.64 Å². The van der Waals surface area contributed by atoms with Crippen molar-refractivity contribution >= 4 is 23.2 Å². The van der Waals surface area contributed by atoms with Crippen LogP contribution >= 0.6 is 11.3 Å². The standard InChI is InChI=1S/C17H17FN2O3S/c1-11(16(21)20-8-2-3-9-20)23-17(22)14-10-24-15(19-14)12-4-6-13(18)7-5-12/h4-7,10-11H,2-3,8-9H2,1H3/t11-/m0/s1. The van der Waals surface area contributed by atoms with Crippen LogP contribution in [-0.4, -0.2) is 41.0 Å². The molecule has 2 aromatic rings. The number of benzene rings is 1. The summed E-state index contributed by atoms with van der Waals surface area (Å²) in [5, 5.41) is 2.18. The Balaban J connectivity index is 1.65. The van der Waals surface area contributed by atoms with Gasteiger partial charge in [0.1, 0.15) is 10.8 Å². The van der Waals surface area contributed by atoms with Crippen LogP contribution in [0.25, 0.3) is 10.6 Å². The van der Waals surface area contributed by atoms with Gasteiger partial charge in [-0.15, -0.1) is 11.3 Å². The highest BCUT2D eigenvalue weighted by molar-refractivity contribution is 7.13. The van der Waals surface area contributed by atoms with Crippen LogP contribution < -0.4 is 0 Å². The van der Waals surface area contributed by atoms with Gasteiger partial charge in [0, 0.05) is 24.0 Å². The Morgan fingerprint density at radius 1 is 1.25 bits per heavy atom. The monoisotopic (exact) mass is 348 g/mol. The van der Waals surface area contributed by atoms with Gasteiger partial charge in [-0.1, -0.05) is 0 Å². The minimum Gasteiger partial charge on any atom is -0.448 e. The molecule has 0 N–H and O–H groups in total. The van der Waals surface area contributed by atoms with Crippen LogP contribution in [0.4, 0.5) is 4.39 Å². The van der Waals surface area contributed by atoms with E-state index in [0.29, 0.717) is 18.1 Å². The molecule has 1 aromatic heterocycles. The topological polar surface area (TPSA) is 59.5 Å². The van der Waals surface area contributed by atoms with Crippen LogP contribution in [0.1, 0.15) is 30.3 Å². The van der Waals surface area contributed by atoms with Crippen molar-refractivity contribution in [2.75, 3.05) is 13.1 Å². The van der Waals surface area contributed by atoms with Crippen molar-refractivity contribution in [1.82, 2.24) is 9.88 Å². The van der Waals surface area contributed by atoms with E-state index < -0.39 is 12.1 Å². The molecule has 24 heavy (non-hydrogen) atoms. The smallest absolute Gasteiger partial charge is 0.358 e. The van der Waals surface area contributed by atoms with Crippen molar-refractivity contribution in [3.63, 3.8) is 0 Å². The number of carbonyl (C=O) groups excluding carboxylic acids is 2. The van der Waals surface area contributed by atoms with Crippen molar-refractivity contribution in [1.29, 1.82) is 0 Å². The fourth-order valence-electron chi connectivity index (χ4n) is 2.56. The maximum atomic E-state index is 13.0. The van der Waals surface area contributed by atoms with E-state index in [1.54, 1.807) is 29.3 Å². The molecule has 1 aromatic carbocycles. The Morgan fingerprint density at radius 3 is 2.58 bits per heavy atom. The molecule has 0 spiro atoms. The quantitative estimate of drug-likeness (QED) is 0.797. The first-order chi connectivity index (χ1) is 11.5. The summed E-state index contributed by atoms with van der Waals surface area (Å²) in [4.78, 5) is 30.3. The Kier molecular flexibility index (Phi) is 4.89. The summed E-state index contributed by atoms with van der Waals surface area (Å²) in [6.45, 7) is 3.00. The van der Waals surface area contributed by atoms with Crippen LogP contribution in [0.3, 0.4) is 0 Å². The Labute approximate surface area is 143 Å². The van der Waals surface area contributed by atoms with Gasteiger partial charge in [0.2, 0.25) is 0 Å². The molecule has 0 unspecified atom stereocenters. The third-order valence-electron chi connectivity index (χ3n) is 3.85. The van der Waals surface area contributed by atoms with E-state index >= 15 is 0 Å². The summed E-state index contributed by atoms with van der Waals surface area (Å²) in [6.07, 6.45) is 1.14. The van der Waals surface area contributed by atoms with Crippen LogP contribution in [0.15, 0.2) is 29.6 Å². The number of esters is 1. The fraction of sp³-hybridized carbons (Fsp3) is 0.353. The highest BCUT2D eigenvalue weighted by Gasteiger charge is 2.27. The van der Waals surface area contributed by atoms with Gasteiger partial charge >= 0.3 is 5.97 Å². The third kappa shape index (κ3) is 3.62. The Hall–Kier alpha value is -2.28. The summed E-state index contributed by atoms with van der Waals surface area (Å²) in [6, 6.07) is 5.88. The molecule has 1 aliphatic heterocycles. The van der Waals surface area contributed by atoms with Gasteiger partial charge in [0.05, 0.1) is 0 Å². The summed E-state index contributed by atoms with van der Waals surface area (Å²) in [5.41, 5.74) is 0.877. The normalized spacial score (nSPS) is 15.3. The second kappa shape index (κ2) is 7.09. The molecule has 1 amide bonds. The van der Waals surface area contributed by atoms with Gasteiger partial charge in [-0.2, -0.15) is 0 Å². The molecule has 0 saturated carbocycles. The first-order valence-corrected chi connectivity index (χ1v) is 8.64. The minimum absolute atomic E-state index is 0.153. The number of hydrogen-bond acceptors (Lipinski definition) is 5. The second-order valence-corrected chi connectivity index (χ2v) is 6.48. The van der Waals surface area contributed by atoms with E-state index in [9.17, 15) is 14.0 Å². The molecule has 0 bridgehead atoms. The molecule has 0 aliphatic carbocycles. The molecule has 1 aliphatic rings. The molecule has 1 atom stereocenters. The van der Waals surface area contributed by atoms with Crippen molar-refractivity contribution < 1.29 is 18.7 Å². The van der Waals surface area contributed by atoms with E-state index in [4.69, 9.17) is 4.74 Å². The SMILES string of the molecule is C[C@H](OC(=O)c1csc(-c2ccc(F)cc2)n1)C(=O)N1CCCC1. The number of halogens is 1. The lowest BCUT2D eigenvalue weighted by atomic mass is 10.2. The van der Waals surface area contributed by atoms with Crippen molar-refractivity contribution in [3.8, 4) is 10.6 Å². The van der Waals surface area contributed by atoms with Crippen molar-refractivity contribution in [3.05, 3.63) is 41.2 Å². The van der Waals surface area contributed by atoms with Crippen LogP contribution in [0.5, 0.6) is 0 Å². The lowest BCUT2D eigenvalue weighted by Gasteiger charge is -2.19. The van der Waals surface area contributed by atoms with E-state index in [2.05, 4.69) is 4.98 Å². The highest BCUT2D eigenvalue weighted by atomic mass is 32.1. The van der Waals surface area contributed by atoms with Crippen LogP contribution in [-0.2, 0) is 9.53 Å². The lowest BCUT2D eigenvalue weighted by molar-refractivity contribution is -0.138. The predicted octanol–water partition coefficient (Wildman–Crippen LogP) is 3.12. The molecule has 2 heterocycles. The number of nitrogens with zero attached hydrogens (tertiary/aromatic N) is 2. The van der Waals surface area contributed by atoms with Gasteiger partial charge in [-0.25, -0.2) is 14.2 Å². The molecule has 1 fully saturated rings. The van der Waals surface area contributed by atoms with Gasteiger partial charge in [-0.3, -0.25) is 4.79 Å². The van der Waals surface area contributed by atoms with Crippen LogP contribution in [0, 0.1) is 5.82 Å². The first-order valence-electron chi connectivity index (χ1n) is 7.76. The van der Waals surface area contributed by atoms with E-state index in [1.807, 2.05) is 0 Å². The third-order valence-corrected chi connectivity index (χ3v) is 4.75. The molecule has 0 radical (unpaired) electrons. The largest absolute Gasteiger partial charge is 0.448 e. The number of likely N-dealkylation sites (tertiary alicyclic amines) is 1. The number of aromatic nitrogens is 1. The fourth-order valence-corrected chi connectivity index (χ4v) is 3.35. The van der Waals surface area contributed by atoms with E-state index in [1.165, 1.54) is 23.5 Å². The predicted molar refractivity (Wildman–Crippen MR) is 88.2 cm³/mol. The van der Waals surface area contributed by atoms with E-state index in [0.717, 1.165) is 18.4 Å². The molecule has 126 valence electrons. The molecule has 3 rings (SSSR count). The van der Waals surface area contributed by atoms with Crippen molar-refractivity contribution in [2.45, 2.75) is 25.9 Å². The number of hydrogen-bond donors (Lipinski definition) is 0. The zero-order valence-electron chi connectivity index (χ0n) is 13.2. The maximum absolute atomic E-state index is 13.0. The van der Waals surface area contributed by atoms with Crippen LogP contribution in [0.2, 0.25) is 0 Å². The molecule has 1 saturated heterocycles. The Bertz CT molecular complexity index is 739. The number of carbonyl (C=O) groups is 2. The number of ether oxygens (including phenoxy) is 1. The molecule has 7 heteroatoms. The highest BCUT2D eigenvalue weighted by Crippen LogP contribution is 2.24. The zero-order valence-corrected chi connectivity index (χ0v) is 14.0.